The summed E-state index contributed by atoms with van der Waals surface area (Å²) in [5, 5.41) is 3.22. The van der Waals surface area contributed by atoms with Crippen LogP contribution in [0.15, 0.2) is 24.3 Å². The van der Waals surface area contributed by atoms with Crippen LogP contribution in [0.5, 0.6) is 0 Å². The Morgan fingerprint density at radius 3 is 2.59 bits per heavy atom. The van der Waals surface area contributed by atoms with Gasteiger partial charge in [0, 0.05) is 15.8 Å². The van der Waals surface area contributed by atoms with Crippen molar-refractivity contribution < 1.29 is 9.53 Å². The number of rotatable bonds is 4. The van der Waals surface area contributed by atoms with E-state index in [9.17, 15) is 4.79 Å². The maximum atomic E-state index is 11.5. The van der Waals surface area contributed by atoms with E-state index in [0.717, 1.165) is 9.26 Å². The molecule has 1 N–H and O–H groups in total. The fraction of sp³-hybridized carbons (Fsp3) is 0.462. The molecule has 0 aromatic heterocycles. The van der Waals surface area contributed by atoms with Gasteiger partial charge in [0.2, 0.25) is 0 Å². The zero-order valence-corrected chi connectivity index (χ0v) is 12.6. The zero-order chi connectivity index (χ0) is 12.9. The van der Waals surface area contributed by atoms with E-state index in [2.05, 4.69) is 27.9 Å². The van der Waals surface area contributed by atoms with Crippen molar-refractivity contribution in [2.75, 3.05) is 11.9 Å². The Morgan fingerprint density at radius 1 is 1.35 bits per heavy atom. The van der Waals surface area contributed by atoms with Crippen LogP contribution in [0.2, 0.25) is 0 Å². The summed E-state index contributed by atoms with van der Waals surface area (Å²) in [5.41, 5.74) is 0.648. The number of nitrogens with one attached hydrogen (secondary N) is 1. The molecule has 4 heteroatoms. The number of hydrogen-bond donors (Lipinski definition) is 1. The third-order valence-electron chi connectivity index (χ3n) is 1.94. The Kier molecular flexibility index (Phi) is 5.24. The lowest BCUT2D eigenvalue weighted by atomic mass is 10.2. The highest BCUT2D eigenvalue weighted by Crippen LogP contribution is 2.16. The normalized spacial score (nSPS) is 11.1. The first-order valence-electron chi connectivity index (χ1n) is 5.59. The molecule has 0 heterocycles. The number of hydrogen-bond acceptors (Lipinski definition) is 3. The monoisotopic (exact) mass is 347 g/mol. The molecule has 0 bridgehead atoms. The third kappa shape index (κ3) is 5.91. The van der Waals surface area contributed by atoms with Crippen LogP contribution in [0.1, 0.15) is 27.2 Å². The fourth-order valence-electron chi connectivity index (χ4n) is 1.30. The molecule has 0 atom stereocenters. The van der Waals surface area contributed by atoms with Crippen LogP contribution in [0, 0.1) is 3.57 Å². The molecule has 17 heavy (non-hydrogen) atoms. The molecular formula is C13H18INO2. The number of benzene rings is 1. The van der Waals surface area contributed by atoms with Crippen LogP contribution in [-0.2, 0) is 9.53 Å². The Balaban J connectivity index is 2.34. The smallest absolute Gasteiger partial charge is 0.308 e. The highest BCUT2D eigenvalue weighted by atomic mass is 127. The first-order valence-corrected chi connectivity index (χ1v) is 6.66. The first kappa shape index (κ1) is 14.3. The minimum absolute atomic E-state index is 0.170. The molecule has 0 spiro atoms. The summed E-state index contributed by atoms with van der Waals surface area (Å²) in [5.74, 6) is -0.170. The highest BCUT2D eigenvalue weighted by molar-refractivity contribution is 14.1. The summed E-state index contributed by atoms with van der Waals surface area (Å²) in [6, 6.07) is 7.98. The number of halogens is 1. The second-order valence-electron chi connectivity index (χ2n) is 4.74. The minimum Gasteiger partial charge on any atom is -0.460 e. The highest BCUT2D eigenvalue weighted by Gasteiger charge is 2.15. The Bertz CT molecular complexity index is 385. The Labute approximate surface area is 116 Å². The minimum atomic E-state index is -0.405. The summed E-state index contributed by atoms with van der Waals surface area (Å²) in [6.45, 7) is 6.21. The van der Waals surface area contributed by atoms with Crippen LogP contribution in [-0.4, -0.2) is 18.1 Å². The molecule has 0 aliphatic heterocycles. The second kappa shape index (κ2) is 6.23. The van der Waals surface area contributed by atoms with Crippen molar-refractivity contribution in [1.82, 2.24) is 0 Å². The molecule has 0 saturated heterocycles. The average molecular weight is 347 g/mol. The van der Waals surface area contributed by atoms with Gasteiger partial charge in [0.05, 0.1) is 6.42 Å². The molecule has 0 aliphatic rings. The predicted molar refractivity (Wildman–Crippen MR) is 78.1 cm³/mol. The summed E-state index contributed by atoms with van der Waals surface area (Å²) in [6.07, 6.45) is 0.377. The lowest BCUT2D eigenvalue weighted by Crippen LogP contribution is -2.25. The van der Waals surface area contributed by atoms with E-state index in [1.54, 1.807) is 0 Å². The van der Waals surface area contributed by atoms with Crippen molar-refractivity contribution in [1.29, 1.82) is 0 Å². The number of carbonyl (C=O) groups excluding carboxylic acids is 1. The van der Waals surface area contributed by atoms with Crippen LogP contribution in [0.4, 0.5) is 5.69 Å². The van der Waals surface area contributed by atoms with Crippen molar-refractivity contribution in [2.45, 2.75) is 32.8 Å². The molecule has 3 nitrogen and oxygen atoms in total. The Hall–Kier alpha value is -0.780. The molecule has 0 radical (unpaired) electrons. The van der Waals surface area contributed by atoms with Crippen molar-refractivity contribution in [3.05, 3.63) is 27.8 Å². The number of anilines is 1. The van der Waals surface area contributed by atoms with Gasteiger partial charge in [0.15, 0.2) is 0 Å². The van der Waals surface area contributed by atoms with E-state index in [1.807, 2.05) is 45.0 Å². The first-order chi connectivity index (χ1) is 7.88. The van der Waals surface area contributed by atoms with Gasteiger partial charge >= 0.3 is 5.97 Å². The van der Waals surface area contributed by atoms with Crippen LogP contribution >= 0.6 is 22.6 Å². The van der Waals surface area contributed by atoms with Crippen LogP contribution < -0.4 is 5.32 Å². The van der Waals surface area contributed by atoms with Crippen molar-refractivity contribution in [2.24, 2.45) is 0 Å². The van der Waals surface area contributed by atoms with Gasteiger partial charge in [-0.25, -0.2) is 0 Å². The molecule has 1 aromatic rings. The van der Waals surface area contributed by atoms with Gasteiger partial charge in [0.1, 0.15) is 5.60 Å². The molecule has 0 amide bonds. The molecule has 0 unspecified atom stereocenters. The van der Waals surface area contributed by atoms with Crippen molar-refractivity contribution >= 4 is 34.2 Å². The predicted octanol–water partition coefficient (Wildman–Crippen LogP) is 3.43. The van der Waals surface area contributed by atoms with E-state index in [-0.39, 0.29) is 5.97 Å². The van der Waals surface area contributed by atoms with E-state index in [1.165, 1.54) is 0 Å². The van der Waals surface area contributed by atoms with Gasteiger partial charge in [0.25, 0.3) is 0 Å². The molecule has 1 rings (SSSR count). The molecule has 0 fully saturated rings. The summed E-state index contributed by atoms with van der Waals surface area (Å²) in [4.78, 5) is 11.5. The zero-order valence-electron chi connectivity index (χ0n) is 10.4. The number of esters is 1. The van der Waals surface area contributed by atoms with Gasteiger partial charge in [-0.1, -0.05) is 12.1 Å². The van der Waals surface area contributed by atoms with E-state index in [4.69, 9.17) is 4.74 Å². The molecular weight excluding hydrogens is 329 g/mol. The standard InChI is InChI=1S/C13H18INO2/c1-13(2,3)17-12(16)8-9-15-11-7-5-4-6-10(11)14/h4-7,15H,8-9H2,1-3H3. The maximum absolute atomic E-state index is 11.5. The number of para-hydroxylation sites is 1. The SMILES string of the molecule is CC(C)(C)OC(=O)CCNc1ccccc1I. The van der Waals surface area contributed by atoms with Crippen LogP contribution in [0.25, 0.3) is 0 Å². The third-order valence-corrected chi connectivity index (χ3v) is 2.88. The summed E-state index contributed by atoms with van der Waals surface area (Å²) < 4.78 is 6.37. The summed E-state index contributed by atoms with van der Waals surface area (Å²) >= 11 is 2.26. The van der Waals surface area contributed by atoms with E-state index < -0.39 is 5.60 Å². The lowest BCUT2D eigenvalue weighted by Gasteiger charge is -2.19. The maximum Gasteiger partial charge on any atom is 0.308 e. The van der Waals surface area contributed by atoms with Gasteiger partial charge in [-0.15, -0.1) is 0 Å². The fourth-order valence-corrected chi connectivity index (χ4v) is 1.87. The number of ether oxygens (including phenoxy) is 1. The van der Waals surface area contributed by atoms with E-state index in [0.29, 0.717) is 13.0 Å². The van der Waals surface area contributed by atoms with Gasteiger partial charge in [-0.2, -0.15) is 0 Å². The lowest BCUT2D eigenvalue weighted by molar-refractivity contribution is -0.154. The van der Waals surface area contributed by atoms with Crippen LogP contribution in [0.3, 0.4) is 0 Å². The van der Waals surface area contributed by atoms with Gasteiger partial charge in [-0.3, -0.25) is 4.79 Å². The second-order valence-corrected chi connectivity index (χ2v) is 5.91. The molecule has 0 aliphatic carbocycles. The topological polar surface area (TPSA) is 38.3 Å². The Morgan fingerprint density at radius 2 is 2.00 bits per heavy atom. The van der Waals surface area contributed by atoms with Gasteiger partial charge in [-0.05, 0) is 55.5 Å². The van der Waals surface area contributed by atoms with Gasteiger partial charge < -0.3 is 10.1 Å². The quantitative estimate of drug-likeness (QED) is 0.670. The molecule has 94 valence electrons. The molecule has 0 saturated carbocycles. The van der Waals surface area contributed by atoms with E-state index >= 15 is 0 Å². The summed E-state index contributed by atoms with van der Waals surface area (Å²) in [7, 11) is 0. The average Bonchev–Trinajstić information content (AvgIpc) is 2.18. The van der Waals surface area contributed by atoms with Crippen molar-refractivity contribution in [3.8, 4) is 0 Å². The number of carbonyl (C=O) groups is 1. The largest absolute Gasteiger partial charge is 0.460 e. The van der Waals surface area contributed by atoms with Crippen molar-refractivity contribution in [3.63, 3.8) is 0 Å². The molecule has 1 aromatic carbocycles.